The van der Waals surface area contributed by atoms with Gasteiger partial charge in [-0.05, 0) is 33.3 Å². The van der Waals surface area contributed by atoms with Crippen LogP contribution in [0.1, 0.15) is 27.7 Å². The van der Waals surface area contributed by atoms with E-state index < -0.39 is 0 Å². The molecule has 0 bridgehead atoms. The minimum Gasteiger partial charge on any atom is -0.365 e. The average Bonchev–Trinajstić information content (AvgIpc) is 2.47. The summed E-state index contributed by atoms with van der Waals surface area (Å²) in [5.74, 6) is 0. The van der Waals surface area contributed by atoms with E-state index in [9.17, 15) is 0 Å². The SMILES string of the molecule is C=C1C(/C=C\C)=C(/C=C\C)CN1C(C)C. The van der Waals surface area contributed by atoms with Gasteiger partial charge in [0.25, 0.3) is 0 Å². The first-order chi connectivity index (χ1) is 7.11. The van der Waals surface area contributed by atoms with Crippen molar-refractivity contribution < 1.29 is 0 Å². The van der Waals surface area contributed by atoms with Gasteiger partial charge >= 0.3 is 0 Å². The summed E-state index contributed by atoms with van der Waals surface area (Å²) in [7, 11) is 0. The Kier molecular flexibility index (Phi) is 3.96. The van der Waals surface area contributed by atoms with Gasteiger partial charge in [0.05, 0.1) is 0 Å². The molecule has 0 atom stereocenters. The highest BCUT2D eigenvalue weighted by Crippen LogP contribution is 2.30. The van der Waals surface area contributed by atoms with Crippen molar-refractivity contribution in [2.45, 2.75) is 33.7 Å². The van der Waals surface area contributed by atoms with Gasteiger partial charge in [0.15, 0.2) is 0 Å². The Balaban J connectivity index is 3.02. The summed E-state index contributed by atoms with van der Waals surface area (Å²) in [5, 5.41) is 0. The molecule has 0 aromatic rings. The molecule has 1 rings (SSSR count). The third-order valence-corrected chi connectivity index (χ3v) is 2.67. The molecule has 0 fully saturated rings. The van der Waals surface area contributed by atoms with Crippen LogP contribution >= 0.6 is 0 Å². The molecule has 1 heterocycles. The molecule has 0 aromatic heterocycles. The highest BCUT2D eigenvalue weighted by molar-refractivity contribution is 5.50. The number of nitrogens with zero attached hydrogens (tertiary/aromatic N) is 1. The summed E-state index contributed by atoms with van der Waals surface area (Å²) < 4.78 is 0. The monoisotopic (exact) mass is 203 g/mol. The second-order valence-electron chi connectivity index (χ2n) is 4.11. The van der Waals surface area contributed by atoms with Crippen LogP contribution in [0.4, 0.5) is 0 Å². The Hall–Kier alpha value is -1.24. The van der Waals surface area contributed by atoms with Crippen molar-refractivity contribution in [1.82, 2.24) is 4.90 Å². The first-order valence-corrected chi connectivity index (χ1v) is 5.56. The first-order valence-electron chi connectivity index (χ1n) is 5.56. The van der Waals surface area contributed by atoms with Gasteiger partial charge in [0.2, 0.25) is 0 Å². The van der Waals surface area contributed by atoms with Gasteiger partial charge in [-0.25, -0.2) is 0 Å². The third-order valence-electron chi connectivity index (χ3n) is 2.67. The lowest BCUT2D eigenvalue weighted by Crippen LogP contribution is -2.27. The Morgan fingerprint density at radius 2 is 1.80 bits per heavy atom. The highest BCUT2D eigenvalue weighted by Gasteiger charge is 2.23. The topological polar surface area (TPSA) is 3.24 Å². The predicted octanol–water partition coefficient (Wildman–Crippen LogP) is 3.67. The summed E-state index contributed by atoms with van der Waals surface area (Å²) in [6.45, 7) is 13.7. The summed E-state index contributed by atoms with van der Waals surface area (Å²) >= 11 is 0. The van der Waals surface area contributed by atoms with E-state index in [1.807, 2.05) is 6.92 Å². The van der Waals surface area contributed by atoms with Crippen LogP contribution in [0.15, 0.2) is 47.7 Å². The molecule has 1 nitrogen and oxygen atoms in total. The fourth-order valence-corrected chi connectivity index (χ4v) is 1.91. The number of hydrogen-bond acceptors (Lipinski definition) is 1. The zero-order valence-corrected chi connectivity index (χ0v) is 10.2. The second kappa shape index (κ2) is 5.01. The average molecular weight is 203 g/mol. The Labute approximate surface area is 93.5 Å². The van der Waals surface area contributed by atoms with Gasteiger partial charge in [0, 0.05) is 23.9 Å². The molecule has 0 N–H and O–H groups in total. The highest BCUT2D eigenvalue weighted by atomic mass is 15.2. The standard InChI is InChI=1S/C14H21N/c1-6-8-13-10-15(11(3)4)12(5)14(13)9-7-2/h6-9,11H,5,10H2,1-4H3/b8-6-,9-7-. The minimum absolute atomic E-state index is 0.514. The lowest BCUT2D eigenvalue weighted by molar-refractivity contribution is 0.332. The van der Waals surface area contributed by atoms with Crippen LogP contribution in [0, 0.1) is 0 Å². The normalized spacial score (nSPS) is 18.2. The van der Waals surface area contributed by atoms with Crippen molar-refractivity contribution in [3.8, 4) is 0 Å². The van der Waals surface area contributed by atoms with E-state index in [-0.39, 0.29) is 0 Å². The van der Waals surface area contributed by atoms with Crippen molar-refractivity contribution >= 4 is 0 Å². The van der Waals surface area contributed by atoms with Gasteiger partial charge in [-0.1, -0.05) is 30.9 Å². The van der Waals surface area contributed by atoms with E-state index in [0.29, 0.717) is 6.04 Å². The van der Waals surface area contributed by atoms with Gasteiger partial charge < -0.3 is 4.90 Å². The van der Waals surface area contributed by atoms with E-state index in [1.54, 1.807) is 0 Å². The number of allylic oxidation sites excluding steroid dienone is 3. The van der Waals surface area contributed by atoms with Crippen LogP contribution in [0.3, 0.4) is 0 Å². The largest absolute Gasteiger partial charge is 0.365 e. The molecule has 82 valence electrons. The third kappa shape index (κ3) is 2.41. The molecule has 15 heavy (non-hydrogen) atoms. The maximum Gasteiger partial charge on any atom is 0.0438 e. The summed E-state index contributed by atoms with van der Waals surface area (Å²) in [5.41, 5.74) is 3.80. The summed E-state index contributed by atoms with van der Waals surface area (Å²) in [6, 6.07) is 0.514. The van der Waals surface area contributed by atoms with Crippen LogP contribution in [0.25, 0.3) is 0 Å². The van der Waals surface area contributed by atoms with E-state index in [2.05, 4.69) is 56.6 Å². The van der Waals surface area contributed by atoms with Gasteiger partial charge in [0.1, 0.15) is 0 Å². The molecular weight excluding hydrogens is 182 g/mol. The van der Waals surface area contributed by atoms with Crippen molar-refractivity contribution in [3.05, 3.63) is 47.7 Å². The molecule has 0 saturated carbocycles. The molecule has 0 spiro atoms. The second-order valence-corrected chi connectivity index (χ2v) is 4.11. The summed E-state index contributed by atoms with van der Waals surface area (Å²) in [6.07, 6.45) is 8.51. The molecule has 0 aromatic carbocycles. The maximum atomic E-state index is 4.17. The molecule has 0 unspecified atom stereocenters. The lowest BCUT2D eigenvalue weighted by atomic mass is 10.1. The zero-order valence-electron chi connectivity index (χ0n) is 10.2. The zero-order chi connectivity index (χ0) is 11.4. The fourth-order valence-electron chi connectivity index (χ4n) is 1.91. The molecular formula is C14H21N. The number of hydrogen-bond donors (Lipinski definition) is 0. The van der Waals surface area contributed by atoms with Crippen molar-refractivity contribution in [2.75, 3.05) is 6.54 Å². The van der Waals surface area contributed by atoms with E-state index in [0.717, 1.165) is 12.2 Å². The molecule has 1 heteroatoms. The Bertz CT molecular complexity index is 329. The van der Waals surface area contributed by atoms with Gasteiger partial charge in [-0.15, -0.1) is 0 Å². The molecule has 0 radical (unpaired) electrons. The Morgan fingerprint density at radius 1 is 1.20 bits per heavy atom. The van der Waals surface area contributed by atoms with Gasteiger partial charge in [-0.3, -0.25) is 0 Å². The smallest absolute Gasteiger partial charge is 0.0438 e. The minimum atomic E-state index is 0.514. The maximum absolute atomic E-state index is 4.17. The predicted molar refractivity (Wildman–Crippen MR) is 67.6 cm³/mol. The van der Waals surface area contributed by atoms with Crippen molar-refractivity contribution in [2.24, 2.45) is 0 Å². The molecule has 0 amide bonds. The molecule has 0 saturated heterocycles. The molecule has 0 aliphatic carbocycles. The Morgan fingerprint density at radius 3 is 2.27 bits per heavy atom. The van der Waals surface area contributed by atoms with E-state index in [4.69, 9.17) is 0 Å². The molecule has 1 aliphatic rings. The fraction of sp³-hybridized carbons (Fsp3) is 0.429. The quantitative estimate of drug-likeness (QED) is 0.676. The van der Waals surface area contributed by atoms with E-state index >= 15 is 0 Å². The molecule has 1 aliphatic heterocycles. The van der Waals surface area contributed by atoms with Crippen LogP contribution < -0.4 is 0 Å². The van der Waals surface area contributed by atoms with Crippen LogP contribution in [0.2, 0.25) is 0 Å². The number of rotatable bonds is 3. The van der Waals surface area contributed by atoms with Crippen LogP contribution in [-0.4, -0.2) is 17.5 Å². The van der Waals surface area contributed by atoms with Crippen molar-refractivity contribution in [1.29, 1.82) is 0 Å². The van der Waals surface area contributed by atoms with Crippen LogP contribution in [-0.2, 0) is 0 Å². The summed E-state index contributed by atoms with van der Waals surface area (Å²) in [4.78, 5) is 2.34. The van der Waals surface area contributed by atoms with E-state index in [1.165, 1.54) is 11.1 Å². The van der Waals surface area contributed by atoms with Crippen LogP contribution in [0.5, 0.6) is 0 Å². The lowest BCUT2D eigenvalue weighted by Gasteiger charge is -2.24. The van der Waals surface area contributed by atoms with Gasteiger partial charge in [-0.2, -0.15) is 0 Å². The van der Waals surface area contributed by atoms with Crippen molar-refractivity contribution in [3.63, 3.8) is 0 Å². The first kappa shape index (κ1) is 11.8.